The van der Waals surface area contributed by atoms with E-state index >= 15 is 0 Å². The summed E-state index contributed by atoms with van der Waals surface area (Å²) in [5.74, 6) is 0. The van der Waals surface area contributed by atoms with Gasteiger partial charge in [0, 0.05) is 18.6 Å². The summed E-state index contributed by atoms with van der Waals surface area (Å²) in [6.07, 6.45) is -2.76. The van der Waals surface area contributed by atoms with Gasteiger partial charge in [-0.15, -0.1) is 11.3 Å². The van der Waals surface area contributed by atoms with Crippen molar-refractivity contribution in [2.45, 2.75) is 12.7 Å². The average molecular weight is 262 g/mol. The lowest BCUT2D eigenvalue weighted by Crippen LogP contribution is -2.07. The van der Waals surface area contributed by atoms with Crippen LogP contribution in [0.1, 0.15) is 11.4 Å². The summed E-state index contributed by atoms with van der Waals surface area (Å²) in [4.78, 5) is 3.46. The SMILES string of the molecule is Cn1nccc1CNc1nc(C(F)(F)F)cs1. The van der Waals surface area contributed by atoms with Crippen molar-refractivity contribution in [2.75, 3.05) is 5.32 Å². The van der Waals surface area contributed by atoms with Crippen LogP contribution in [0.3, 0.4) is 0 Å². The molecule has 0 aliphatic heterocycles. The van der Waals surface area contributed by atoms with Crippen molar-refractivity contribution in [2.24, 2.45) is 7.05 Å². The zero-order valence-corrected chi connectivity index (χ0v) is 9.64. The average Bonchev–Trinajstić information content (AvgIpc) is 2.82. The Kier molecular flexibility index (Phi) is 3.05. The molecule has 1 N–H and O–H groups in total. The van der Waals surface area contributed by atoms with Gasteiger partial charge < -0.3 is 5.32 Å². The Bertz CT molecular complexity index is 502. The Balaban J connectivity index is 2.01. The summed E-state index contributed by atoms with van der Waals surface area (Å²) in [5, 5.41) is 8.02. The van der Waals surface area contributed by atoms with Crippen LogP contribution in [0, 0.1) is 0 Å². The van der Waals surface area contributed by atoms with Crippen LogP contribution >= 0.6 is 11.3 Å². The highest BCUT2D eigenvalue weighted by Crippen LogP contribution is 2.31. The molecular weight excluding hydrogens is 253 g/mol. The first kappa shape index (κ1) is 11.9. The Labute approximate surface area is 99.1 Å². The summed E-state index contributed by atoms with van der Waals surface area (Å²) in [6, 6.07) is 1.78. The number of nitrogens with one attached hydrogen (secondary N) is 1. The number of anilines is 1. The van der Waals surface area contributed by atoms with Crippen LogP contribution in [0.5, 0.6) is 0 Å². The van der Waals surface area contributed by atoms with Crippen molar-refractivity contribution in [1.29, 1.82) is 0 Å². The van der Waals surface area contributed by atoms with Crippen molar-refractivity contribution in [1.82, 2.24) is 14.8 Å². The molecule has 92 valence electrons. The molecule has 2 aromatic heterocycles. The van der Waals surface area contributed by atoms with Gasteiger partial charge in [-0.1, -0.05) is 0 Å². The van der Waals surface area contributed by atoms with Crippen molar-refractivity contribution < 1.29 is 13.2 Å². The molecular formula is C9H9F3N4S. The van der Waals surface area contributed by atoms with Crippen LogP contribution in [0.25, 0.3) is 0 Å². The third-order valence-electron chi connectivity index (χ3n) is 2.14. The number of aryl methyl sites for hydroxylation is 1. The molecule has 0 unspecified atom stereocenters. The molecule has 2 rings (SSSR count). The van der Waals surface area contributed by atoms with Gasteiger partial charge in [0.2, 0.25) is 0 Å². The number of nitrogens with zero attached hydrogens (tertiary/aromatic N) is 3. The molecule has 0 atom stereocenters. The minimum atomic E-state index is -4.39. The van der Waals surface area contributed by atoms with E-state index in [4.69, 9.17) is 0 Å². The van der Waals surface area contributed by atoms with Gasteiger partial charge in [-0.25, -0.2) is 4.98 Å². The van der Waals surface area contributed by atoms with Crippen LogP contribution in [0.15, 0.2) is 17.6 Å². The second-order valence-corrected chi connectivity index (χ2v) is 4.19. The van der Waals surface area contributed by atoms with Crippen molar-refractivity contribution in [3.63, 3.8) is 0 Å². The molecule has 0 radical (unpaired) electrons. The lowest BCUT2D eigenvalue weighted by atomic mass is 10.4. The quantitative estimate of drug-likeness (QED) is 0.924. The van der Waals surface area contributed by atoms with Gasteiger partial charge >= 0.3 is 6.18 Å². The minimum absolute atomic E-state index is 0.249. The summed E-state index contributed by atoms with van der Waals surface area (Å²) in [7, 11) is 1.76. The Morgan fingerprint density at radius 2 is 2.24 bits per heavy atom. The van der Waals surface area contributed by atoms with Crippen molar-refractivity contribution in [3.05, 3.63) is 29.0 Å². The zero-order chi connectivity index (χ0) is 12.5. The standard InChI is InChI=1S/C9H9F3N4S/c1-16-6(2-3-14-16)4-13-8-15-7(5-17-8)9(10,11)12/h2-3,5H,4H2,1H3,(H,13,15). The van der Waals surface area contributed by atoms with Crippen molar-refractivity contribution in [3.8, 4) is 0 Å². The molecule has 0 bridgehead atoms. The lowest BCUT2D eigenvalue weighted by Gasteiger charge is -2.03. The number of aromatic nitrogens is 3. The van der Waals surface area contributed by atoms with Crippen LogP contribution in [-0.2, 0) is 19.8 Å². The van der Waals surface area contributed by atoms with E-state index in [9.17, 15) is 13.2 Å². The molecule has 0 aromatic carbocycles. The van der Waals surface area contributed by atoms with E-state index in [1.807, 2.05) is 0 Å². The fourth-order valence-electron chi connectivity index (χ4n) is 1.23. The Morgan fingerprint density at radius 1 is 1.47 bits per heavy atom. The summed E-state index contributed by atoms with van der Waals surface area (Å²) in [5.41, 5.74) is 0.00349. The Morgan fingerprint density at radius 3 is 2.76 bits per heavy atom. The Hall–Kier alpha value is -1.57. The molecule has 17 heavy (non-hydrogen) atoms. The zero-order valence-electron chi connectivity index (χ0n) is 8.82. The highest BCUT2D eigenvalue weighted by molar-refractivity contribution is 7.13. The fourth-order valence-corrected chi connectivity index (χ4v) is 1.94. The predicted molar refractivity (Wildman–Crippen MR) is 57.7 cm³/mol. The van der Waals surface area contributed by atoms with Crippen LogP contribution < -0.4 is 5.32 Å². The predicted octanol–water partition coefficient (Wildman–Crippen LogP) is 2.51. The molecule has 0 aliphatic carbocycles. The van der Waals surface area contributed by atoms with E-state index in [2.05, 4.69) is 15.4 Å². The number of hydrogen-bond donors (Lipinski definition) is 1. The van der Waals surface area contributed by atoms with E-state index in [1.54, 1.807) is 24.0 Å². The van der Waals surface area contributed by atoms with E-state index in [0.29, 0.717) is 6.54 Å². The summed E-state index contributed by atoms with van der Waals surface area (Å²) >= 11 is 0.932. The lowest BCUT2D eigenvalue weighted by molar-refractivity contribution is -0.140. The molecule has 2 heterocycles. The van der Waals surface area contributed by atoms with Gasteiger partial charge in [0.1, 0.15) is 0 Å². The first-order chi connectivity index (χ1) is 7.97. The third kappa shape index (κ3) is 2.76. The van der Waals surface area contributed by atoms with Crippen LogP contribution in [-0.4, -0.2) is 14.8 Å². The molecule has 0 fully saturated rings. The molecule has 0 saturated heterocycles. The largest absolute Gasteiger partial charge is 0.434 e. The molecule has 8 heteroatoms. The second kappa shape index (κ2) is 4.36. The molecule has 2 aromatic rings. The number of rotatable bonds is 3. The highest BCUT2D eigenvalue weighted by Gasteiger charge is 2.33. The number of thiazole rings is 1. The molecule has 0 spiro atoms. The van der Waals surface area contributed by atoms with Gasteiger partial charge in [0.25, 0.3) is 0 Å². The summed E-state index contributed by atoms with van der Waals surface area (Å²) < 4.78 is 38.5. The fraction of sp³-hybridized carbons (Fsp3) is 0.333. The maximum Gasteiger partial charge on any atom is 0.434 e. The molecule has 0 aliphatic rings. The normalized spacial score (nSPS) is 11.8. The van der Waals surface area contributed by atoms with Crippen LogP contribution in [0.2, 0.25) is 0 Å². The maximum atomic E-state index is 12.3. The van der Waals surface area contributed by atoms with Gasteiger partial charge in [-0.05, 0) is 6.07 Å². The van der Waals surface area contributed by atoms with Gasteiger partial charge in [-0.3, -0.25) is 4.68 Å². The smallest absolute Gasteiger partial charge is 0.356 e. The molecule has 4 nitrogen and oxygen atoms in total. The topological polar surface area (TPSA) is 42.7 Å². The second-order valence-electron chi connectivity index (χ2n) is 3.34. The first-order valence-corrected chi connectivity index (χ1v) is 5.58. The van der Waals surface area contributed by atoms with Crippen molar-refractivity contribution >= 4 is 16.5 Å². The first-order valence-electron chi connectivity index (χ1n) is 4.70. The number of halogens is 3. The van der Waals surface area contributed by atoms with E-state index in [1.165, 1.54) is 0 Å². The van der Waals surface area contributed by atoms with E-state index < -0.39 is 11.9 Å². The van der Waals surface area contributed by atoms with Gasteiger partial charge in [0.15, 0.2) is 10.8 Å². The van der Waals surface area contributed by atoms with Crippen LogP contribution in [0.4, 0.5) is 18.3 Å². The third-order valence-corrected chi connectivity index (χ3v) is 2.94. The molecule has 0 amide bonds. The van der Waals surface area contributed by atoms with Gasteiger partial charge in [-0.2, -0.15) is 18.3 Å². The van der Waals surface area contributed by atoms with E-state index in [-0.39, 0.29) is 5.13 Å². The monoisotopic (exact) mass is 262 g/mol. The number of hydrogen-bond acceptors (Lipinski definition) is 4. The van der Waals surface area contributed by atoms with E-state index in [0.717, 1.165) is 22.4 Å². The summed E-state index contributed by atoms with van der Waals surface area (Å²) in [6.45, 7) is 0.390. The minimum Gasteiger partial charge on any atom is -0.356 e. The highest BCUT2D eigenvalue weighted by atomic mass is 32.1. The van der Waals surface area contributed by atoms with Gasteiger partial charge in [0.05, 0.1) is 12.2 Å². The number of alkyl halides is 3. The maximum absolute atomic E-state index is 12.3. The molecule has 0 saturated carbocycles.